The molecular formula is C15H23NO2. The molecule has 1 aromatic rings. The van der Waals surface area contributed by atoms with Gasteiger partial charge in [0.25, 0.3) is 0 Å². The molecule has 1 atom stereocenters. The maximum absolute atomic E-state index is 6.05. The fraction of sp³-hybridized carbons (Fsp3) is 0.733. The third kappa shape index (κ3) is 2.62. The van der Waals surface area contributed by atoms with Gasteiger partial charge in [-0.25, -0.2) is 0 Å². The van der Waals surface area contributed by atoms with Crippen molar-refractivity contribution in [1.29, 1.82) is 0 Å². The second-order valence-corrected chi connectivity index (χ2v) is 5.82. The number of ether oxygens (including phenoxy) is 1. The summed E-state index contributed by atoms with van der Waals surface area (Å²) in [4.78, 5) is 0. The summed E-state index contributed by atoms with van der Waals surface area (Å²) in [7, 11) is 0. The predicted octanol–water partition coefficient (Wildman–Crippen LogP) is 3.17. The number of hydrogen-bond donors (Lipinski definition) is 1. The molecule has 1 N–H and O–H groups in total. The Morgan fingerprint density at radius 2 is 2.17 bits per heavy atom. The van der Waals surface area contributed by atoms with E-state index in [9.17, 15) is 0 Å². The average Bonchev–Trinajstić information content (AvgIpc) is 2.97. The maximum atomic E-state index is 6.05. The highest BCUT2D eigenvalue weighted by molar-refractivity contribution is 5.05. The highest BCUT2D eigenvalue weighted by Crippen LogP contribution is 2.39. The van der Waals surface area contributed by atoms with Crippen LogP contribution in [0.3, 0.4) is 0 Å². The van der Waals surface area contributed by atoms with Crippen LogP contribution in [0.15, 0.2) is 16.5 Å². The van der Waals surface area contributed by atoms with Crippen LogP contribution in [0.1, 0.15) is 50.0 Å². The van der Waals surface area contributed by atoms with Gasteiger partial charge in [-0.2, -0.15) is 0 Å². The number of nitrogens with one attached hydrogen (secondary N) is 1. The highest BCUT2D eigenvalue weighted by atomic mass is 16.5. The summed E-state index contributed by atoms with van der Waals surface area (Å²) >= 11 is 0. The summed E-state index contributed by atoms with van der Waals surface area (Å²) in [6.45, 7) is 3.74. The third-order valence-corrected chi connectivity index (χ3v) is 4.37. The van der Waals surface area contributed by atoms with Gasteiger partial charge in [-0.3, -0.25) is 0 Å². The van der Waals surface area contributed by atoms with Gasteiger partial charge < -0.3 is 14.5 Å². The summed E-state index contributed by atoms with van der Waals surface area (Å²) in [6, 6.07) is 4.68. The largest absolute Gasteiger partial charge is 0.465 e. The van der Waals surface area contributed by atoms with Gasteiger partial charge in [-0.05, 0) is 44.7 Å². The third-order valence-electron chi connectivity index (χ3n) is 4.37. The summed E-state index contributed by atoms with van der Waals surface area (Å²) in [6.07, 6.45) is 7.48. The van der Waals surface area contributed by atoms with Crippen LogP contribution < -0.4 is 5.32 Å². The zero-order chi connectivity index (χ0) is 12.4. The molecule has 1 aliphatic carbocycles. The first-order valence-electron chi connectivity index (χ1n) is 7.18. The van der Waals surface area contributed by atoms with Gasteiger partial charge in [-0.15, -0.1) is 0 Å². The zero-order valence-corrected chi connectivity index (χ0v) is 11.2. The molecular weight excluding hydrogens is 226 g/mol. The molecule has 1 spiro atoms. The summed E-state index contributed by atoms with van der Waals surface area (Å²) in [5.41, 5.74) is 0.203. The van der Waals surface area contributed by atoms with Crippen LogP contribution in [0.25, 0.3) is 0 Å². The molecule has 0 amide bonds. The number of rotatable bonds is 3. The SMILES string of the molecule is Cc1ccc(CNC2CCOC3(CCCC3)C2)o1. The molecule has 2 aliphatic rings. The van der Waals surface area contributed by atoms with Crippen molar-refractivity contribution in [1.82, 2.24) is 5.32 Å². The minimum atomic E-state index is 0.203. The van der Waals surface area contributed by atoms with Crippen LogP contribution in [0.2, 0.25) is 0 Å². The van der Waals surface area contributed by atoms with Crippen LogP contribution in [0.4, 0.5) is 0 Å². The van der Waals surface area contributed by atoms with Crippen molar-refractivity contribution in [3.8, 4) is 0 Å². The van der Waals surface area contributed by atoms with Gasteiger partial charge in [-0.1, -0.05) is 12.8 Å². The maximum Gasteiger partial charge on any atom is 0.117 e. The Morgan fingerprint density at radius 1 is 1.33 bits per heavy atom. The smallest absolute Gasteiger partial charge is 0.117 e. The Labute approximate surface area is 109 Å². The number of furan rings is 1. The van der Waals surface area contributed by atoms with Crippen molar-refractivity contribution in [2.24, 2.45) is 0 Å². The summed E-state index contributed by atoms with van der Waals surface area (Å²) < 4.78 is 11.6. The van der Waals surface area contributed by atoms with Crippen molar-refractivity contribution in [3.63, 3.8) is 0 Å². The van der Waals surface area contributed by atoms with Crippen molar-refractivity contribution in [3.05, 3.63) is 23.7 Å². The number of hydrogen-bond acceptors (Lipinski definition) is 3. The lowest BCUT2D eigenvalue weighted by Gasteiger charge is -2.38. The van der Waals surface area contributed by atoms with E-state index < -0.39 is 0 Å². The van der Waals surface area contributed by atoms with Gasteiger partial charge in [0.15, 0.2) is 0 Å². The van der Waals surface area contributed by atoms with E-state index in [4.69, 9.17) is 9.15 Å². The van der Waals surface area contributed by atoms with Gasteiger partial charge in [0.2, 0.25) is 0 Å². The normalized spacial score (nSPS) is 26.8. The lowest BCUT2D eigenvalue weighted by molar-refractivity contribution is -0.0839. The molecule has 0 radical (unpaired) electrons. The van der Waals surface area contributed by atoms with E-state index in [1.54, 1.807) is 0 Å². The monoisotopic (exact) mass is 249 g/mol. The Hall–Kier alpha value is -0.800. The molecule has 1 aliphatic heterocycles. The average molecular weight is 249 g/mol. The van der Waals surface area contributed by atoms with Gasteiger partial charge >= 0.3 is 0 Å². The molecule has 3 rings (SSSR count). The Morgan fingerprint density at radius 3 is 2.89 bits per heavy atom. The second kappa shape index (κ2) is 5.06. The first kappa shape index (κ1) is 12.2. The highest BCUT2D eigenvalue weighted by Gasteiger charge is 2.39. The van der Waals surface area contributed by atoms with Gasteiger partial charge in [0.1, 0.15) is 11.5 Å². The molecule has 1 saturated heterocycles. The Kier molecular flexibility index (Phi) is 3.44. The molecule has 2 fully saturated rings. The predicted molar refractivity (Wildman–Crippen MR) is 70.5 cm³/mol. The Balaban J connectivity index is 1.53. The molecule has 0 aromatic carbocycles. The van der Waals surface area contributed by atoms with Crippen molar-refractivity contribution in [2.75, 3.05) is 6.61 Å². The molecule has 0 bridgehead atoms. The molecule has 1 unspecified atom stereocenters. The van der Waals surface area contributed by atoms with E-state index in [-0.39, 0.29) is 5.60 Å². The second-order valence-electron chi connectivity index (χ2n) is 5.82. The molecule has 1 saturated carbocycles. The summed E-state index contributed by atoms with van der Waals surface area (Å²) in [5.74, 6) is 2.03. The fourth-order valence-electron chi connectivity index (χ4n) is 3.39. The zero-order valence-electron chi connectivity index (χ0n) is 11.2. The lowest BCUT2D eigenvalue weighted by atomic mass is 9.89. The van der Waals surface area contributed by atoms with Crippen LogP contribution in [-0.4, -0.2) is 18.2 Å². The van der Waals surface area contributed by atoms with Crippen molar-refractivity contribution < 1.29 is 9.15 Å². The van der Waals surface area contributed by atoms with Crippen molar-refractivity contribution in [2.45, 2.75) is 63.6 Å². The molecule has 3 nitrogen and oxygen atoms in total. The standard InChI is InChI=1S/C15H23NO2/c1-12-4-5-14(18-12)11-16-13-6-9-17-15(10-13)7-2-3-8-15/h4-5,13,16H,2-3,6-11H2,1H3. The van der Waals surface area contributed by atoms with Gasteiger partial charge in [0, 0.05) is 12.6 Å². The molecule has 100 valence electrons. The number of aryl methyl sites for hydroxylation is 1. The molecule has 18 heavy (non-hydrogen) atoms. The van der Waals surface area contributed by atoms with E-state index in [0.717, 1.165) is 31.1 Å². The van der Waals surface area contributed by atoms with Gasteiger partial charge in [0.05, 0.1) is 12.1 Å². The quantitative estimate of drug-likeness (QED) is 0.893. The minimum Gasteiger partial charge on any atom is -0.465 e. The van der Waals surface area contributed by atoms with E-state index >= 15 is 0 Å². The van der Waals surface area contributed by atoms with E-state index in [0.29, 0.717) is 6.04 Å². The fourth-order valence-corrected chi connectivity index (χ4v) is 3.39. The molecule has 1 aromatic heterocycles. The Bertz CT molecular complexity index is 393. The van der Waals surface area contributed by atoms with Crippen LogP contribution in [0.5, 0.6) is 0 Å². The van der Waals surface area contributed by atoms with E-state index in [2.05, 4.69) is 11.4 Å². The summed E-state index contributed by atoms with van der Waals surface area (Å²) in [5, 5.41) is 3.63. The first-order chi connectivity index (χ1) is 8.76. The molecule has 3 heteroatoms. The van der Waals surface area contributed by atoms with E-state index in [1.165, 1.54) is 32.1 Å². The van der Waals surface area contributed by atoms with Crippen LogP contribution in [0, 0.1) is 6.92 Å². The van der Waals surface area contributed by atoms with Crippen molar-refractivity contribution >= 4 is 0 Å². The van der Waals surface area contributed by atoms with Crippen LogP contribution >= 0.6 is 0 Å². The first-order valence-corrected chi connectivity index (χ1v) is 7.18. The van der Waals surface area contributed by atoms with E-state index in [1.807, 2.05) is 13.0 Å². The minimum absolute atomic E-state index is 0.203. The topological polar surface area (TPSA) is 34.4 Å². The lowest BCUT2D eigenvalue weighted by Crippen LogP contribution is -2.45. The van der Waals surface area contributed by atoms with Crippen LogP contribution in [-0.2, 0) is 11.3 Å². The molecule has 2 heterocycles.